The van der Waals surface area contributed by atoms with E-state index in [-0.39, 0.29) is 23.1 Å². The standard InChI is InChI=1S/C14H15FN4O2/c1-21-7-6-17-14(20)11-8-18-13(19-12(11)16)9-2-4-10(15)5-3-9/h2-5,8H,6-7H2,1H3,(H,17,20)(H2,16,18,19). The molecule has 1 heterocycles. The Morgan fingerprint density at radius 2 is 2.10 bits per heavy atom. The molecule has 0 atom stereocenters. The number of nitrogens with zero attached hydrogens (tertiary/aromatic N) is 2. The molecule has 110 valence electrons. The van der Waals surface area contributed by atoms with Crippen LogP contribution < -0.4 is 11.1 Å². The second-order valence-electron chi connectivity index (χ2n) is 4.25. The summed E-state index contributed by atoms with van der Waals surface area (Å²) in [7, 11) is 1.54. The summed E-state index contributed by atoms with van der Waals surface area (Å²) in [4.78, 5) is 20.0. The Morgan fingerprint density at radius 1 is 1.38 bits per heavy atom. The molecule has 0 bridgehead atoms. The minimum Gasteiger partial charge on any atom is -0.383 e. The molecular weight excluding hydrogens is 275 g/mol. The predicted octanol–water partition coefficient (Wildman–Crippen LogP) is 1.24. The minimum absolute atomic E-state index is 0.0687. The summed E-state index contributed by atoms with van der Waals surface area (Å²) in [6.07, 6.45) is 1.35. The Labute approximate surface area is 121 Å². The molecule has 3 N–H and O–H groups in total. The van der Waals surface area contributed by atoms with Crippen LogP contribution in [0.1, 0.15) is 10.4 Å². The largest absolute Gasteiger partial charge is 0.383 e. The monoisotopic (exact) mass is 290 g/mol. The van der Waals surface area contributed by atoms with E-state index in [2.05, 4.69) is 15.3 Å². The van der Waals surface area contributed by atoms with E-state index in [1.807, 2.05) is 0 Å². The van der Waals surface area contributed by atoms with E-state index >= 15 is 0 Å². The van der Waals surface area contributed by atoms with Crippen molar-refractivity contribution in [3.8, 4) is 11.4 Å². The third-order valence-corrected chi connectivity index (χ3v) is 2.76. The third-order valence-electron chi connectivity index (χ3n) is 2.76. The molecule has 1 amide bonds. The van der Waals surface area contributed by atoms with Crippen molar-refractivity contribution in [2.45, 2.75) is 0 Å². The summed E-state index contributed by atoms with van der Waals surface area (Å²) in [5.74, 6) is -0.309. The van der Waals surface area contributed by atoms with Gasteiger partial charge in [0.2, 0.25) is 0 Å². The number of rotatable bonds is 5. The van der Waals surface area contributed by atoms with Crippen LogP contribution in [0.3, 0.4) is 0 Å². The molecule has 0 saturated carbocycles. The smallest absolute Gasteiger partial charge is 0.256 e. The molecule has 0 unspecified atom stereocenters. The molecule has 0 radical (unpaired) electrons. The van der Waals surface area contributed by atoms with Crippen molar-refractivity contribution in [3.63, 3.8) is 0 Å². The van der Waals surface area contributed by atoms with Crippen LogP contribution in [-0.2, 0) is 4.74 Å². The summed E-state index contributed by atoms with van der Waals surface area (Å²) in [5.41, 5.74) is 6.59. The van der Waals surface area contributed by atoms with E-state index in [1.54, 1.807) is 19.2 Å². The summed E-state index contributed by atoms with van der Waals surface area (Å²) >= 11 is 0. The van der Waals surface area contributed by atoms with E-state index in [0.717, 1.165) is 0 Å². The molecule has 0 aliphatic carbocycles. The Morgan fingerprint density at radius 3 is 2.71 bits per heavy atom. The molecular formula is C14H15FN4O2. The number of aromatic nitrogens is 2. The molecule has 1 aromatic carbocycles. The zero-order chi connectivity index (χ0) is 15.2. The van der Waals surface area contributed by atoms with Gasteiger partial charge in [-0.25, -0.2) is 14.4 Å². The van der Waals surface area contributed by atoms with Gasteiger partial charge in [0.25, 0.3) is 5.91 Å². The fourth-order valence-electron chi connectivity index (χ4n) is 1.67. The first-order chi connectivity index (χ1) is 10.1. The molecule has 0 aliphatic heterocycles. The van der Waals surface area contributed by atoms with Crippen LogP contribution in [-0.4, -0.2) is 36.1 Å². The number of anilines is 1. The van der Waals surface area contributed by atoms with Gasteiger partial charge in [-0.15, -0.1) is 0 Å². The zero-order valence-corrected chi connectivity index (χ0v) is 11.5. The lowest BCUT2D eigenvalue weighted by molar-refractivity contribution is 0.0937. The fraction of sp³-hybridized carbons (Fsp3) is 0.214. The first kappa shape index (κ1) is 14.9. The third kappa shape index (κ3) is 3.73. The number of halogens is 1. The summed E-state index contributed by atoms with van der Waals surface area (Å²) < 4.78 is 17.7. The zero-order valence-electron chi connectivity index (χ0n) is 11.5. The van der Waals surface area contributed by atoms with Crippen LogP contribution in [0.5, 0.6) is 0 Å². The SMILES string of the molecule is COCCNC(=O)c1cnc(-c2ccc(F)cc2)nc1N. The maximum atomic E-state index is 12.9. The van der Waals surface area contributed by atoms with E-state index in [1.165, 1.54) is 18.3 Å². The van der Waals surface area contributed by atoms with Crippen molar-refractivity contribution in [2.24, 2.45) is 0 Å². The maximum Gasteiger partial charge on any atom is 0.256 e. The highest BCUT2D eigenvalue weighted by atomic mass is 19.1. The summed E-state index contributed by atoms with van der Waals surface area (Å²) in [6, 6.07) is 5.70. The van der Waals surface area contributed by atoms with Crippen molar-refractivity contribution >= 4 is 11.7 Å². The van der Waals surface area contributed by atoms with Crippen LogP contribution in [0.25, 0.3) is 11.4 Å². The van der Waals surface area contributed by atoms with E-state index in [4.69, 9.17) is 10.5 Å². The lowest BCUT2D eigenvalue weighted by Crippen LogP contribution is -2.28. The molecule has 2 aromatic rings. The second-order valence-corrected chi connectivity index (χ2v) is 4.25. The fourth-order valence-corrected chi connectivity index (χ4v) is 1.67. The highest BCUT2D eigenvalue weighted by Gasteiger charge is 2.13. The van der Waals surface area contributed by atoms with Gasteiger partial charge in [-0.1, -0.05) is 0 Å². The number of hydrogen-bond donors (Lipinski definition) is 2. The van der Waals surface area contributed by atoms with Gasteiger partial charge in [0.15, 0.2) is 5.82 Å². The topological polar surface area (TPSA) is 90.1 Å². The van der Waals surface area contributed by atoms with Gasteiger partial charge in [-0.3, -0.25) is 4.79 Å². The lowest BCUT2D eigenvalue weighted by atomic mass is 10.2. The quantitative estimate of drug-likeness (QED) is 0.809. The minimum atomic E-state index is -0.366. The number of nitrogens with one attached hydrogen (secondary N) is 1. The number of carbonyl (C=O) groups is 1. The molecule has 0 saturated heterocycles. The first-order valence-corrected chi connectivity index (χ1v) is 6.27. The number of hydrogen-bond acceptors (Lipinski definition) is 5. The van der Waals surface area contributed by atoms with Crippen LogP contribution in [0.15, 0.2) is 30.5 Å². The number of ether oxygens (including phenoxy) is 1. The molecule has 2 rings (SSSR count). The number of nitrogens with two attached hydrogens (primary N) is 1. The average Bonchev–Trinajstić information content (AvgIpc) is 2.48. The average molecular weight is 290 g/mol. The number of benzene rings is 1. The molecule has 7 heteroatoms. The van der Waals surface area contributed by atoms with Gasteiger partial charge >= 0.3 is 0 Å². The predicted molar refractivity (Wildman–Crippen MR) is 76.0 cm³/mol. The first-order valence-electron chi connectivity index (χ1n) is 6.27. The van der Waals surface area contributed by atoms with E-state index in [9.17, 15) is 9.18 Å². The Balaban J connectivity index is 2.17. The summed E-state index contributed by atoms with van der Waals surface area (Å²) in [5, 5.41) is 2.63. The normalized spacial score (nSPS) is 10.4. The van der Waals surface area contributed by atoms with Gasteiger partial charge in [0, 0.05) is 25.4 Å². The Hall–Kier alpha value is -2.54. The van der Waals surface area contributed by atoms with Gasteiger partial charge in [-0.05, 0) is 24.3 Å². The van der Waals surface area contributed by atoms with Crippen LogP contribution >= 0.6 is 0 Å². The highest BCUT2D eigenvalue weighted by molar-refractivity contribution is 5.98. The second kappa shape index (κ2) is 6.76. The van der Waals surface area contributed by atoms with Crippen molar-refractivity contribution < 1.29 is 13.9 Å². The number of methoxy groups -OCH3 is 1. The maximum absolute atomic E-state index is 12.9. The van der Waals surface area contributed by atoms with Crippen LogP contribution in [0.2, 0.25) is 0 Å². The van der Waals surface area contributed by atoms with E-state index < -0.39 is 0 Å². The lowest BCUT2D eigenvalue weighted by Gasteiger charge is -2.07. The van der Waals surface area contributed by atoms with Gasteiger partial charge < -0.3 is 15.8 Å². The Kier molecular flexibility index (Phi) is 4.78. The highest BCUT2D eigenvalue weighted by Crippen LogP contribution is 2.17. The summed E-state index contributed by atoms with van der Waals surface area (Å²) in [6.45, 7) is 0.772. The van der Waals surface area contributed by atoms with E-state index in [0.29, 0.717) is 24.5 Å². The van der Waals surface area contributed by atoms with Crippen molar-refractivity contribution in [2.75, 3.05) is 26.0 Å². The van der Waals surface area contributed by atoms with Gasteiger partial charge in [-0.2, -0.15) is 0 Å². The molecule has 21 heavy (non-hydrogen) atoms. The van der Waals surface area contributed by atoms with Crippen LogP contribution in [0, 0.1) is 5.82 Å². The van der Waals surface area contributed by atoms with Crippen molar-refractivity contribution in [1.29, 1.82) is 0 Å². The van der Waals surface area contributed by atoms with Crippen LogP contribution in [0.4, 0.5) is 10.2 Å². The number of carbonyl (C=O) groups excluding carboxylic acids is 1. The molecule has 1 aromatic heterocycles. The molecule has 0 aliphatic rings. The van der Waals surface area contributed by atoms with Gasteiger partial charge in [0.1, 0.15) is 11.6 Å². The molecule has 6 nitrogen and oxygen atoms in total. The van der Waals surface area contributed by atoms with Gasteiger partial charge in [0.05, 0.1) is 12.2 Å². The molecule has 0 fully saturated rings. The van der Waals surface area contributed by atoms with Crippen molar-refractivity contribution in [3.05, 3.63) is 41.8 Å². The van der Waals surface area contributed by atoms with Crippen molar-refractivity contribution in [1.82, 2.24) is 15.3 Å². The molecule has 0 spiro atoms. The number of nitrogen functional groups attached to an aromatic ring is 1. The number of amides is 1. The Bertz CT molecular complexity index is 631.